The molecule has 1 aromatic carbocycles. The second-order valence-corrected chi connectivity index (χ2v) is 3.96. The number of unbranched alkanes of at least 4 members (excludes halogenated alkanes) is 1. The maximum atomic E-state index is 12.5. The Balaban J connectivity index is 2.82. The van der Waals surface area contributed by atoms with Gasteiger partial charge in [0.2, 0.25) is 0 Å². The highest BCUT2D eigenvalue weighted by atomic mass is 35.5. The van der Waals surface area contributed by atoms with E-state index >= 15 is 0 Å². The SMILES string of the molecule is NCCCCc1ccc(Cl)c(C(F)(F)F)c1. The molecule has 0 aliphatic carbocycles. The largest absolute Gasteiger partial charge is 0.417 e. The molecule has 1 nitrogen and oxygen atoms in total. The van der Waals surface area contributed by atoms with Crippen molar-refractivity contribution in [2.45, 2.75) is 25.4 Å². The van der Waals surface area contributed by atoms with Gasteiger partial charge in [0.05, 0.1) is 10.6 Å². The quantitative estimate of drug-likeness (QED) is 0.813. The predicted octanol–water partition coefficient (Wildman–Crippen LogP) is 3.64. The summed E-state index contributed by atoms with van der Waals surface area (Å²) in [6, 6.07) is 4.02. The summed E-state index contributed by atoms with van der Waals surface area (Å²) in [5, 5.41) is -0.255. The molecule has 0 atom stereocenters. The van der Waals surface area contributed by atoms with Crippen LogP contribution in [0, 0.1) is 0 Å². The molecule has 0 amide bonds. The third kappa shape index (κ3) is 3.68. The standard InChI is InChI=1S/C11H13ClF3N/c12-10-5-4-8(3-1-2-6-16)7-9(10)11(13,14)15/h4-5,7H,1-3,6,16H2. The molecule has 0 spiro atoms. The molecule has 0 heterocycles. The van der Waals surface area contributed by atoms with Crippen molar-refractivity contribution in [3.05, 3.63) is 34.3 Å². The second kappa shape index (κ2) is 5.55. The molecule has 16 heavy (non-hydrogen) atoms. The Bertz CT molecular complexity index is 350. The lowest BCUT2D eigenvalue weighted by atomic mass is 10.0. The van der Waals surface area contributed by atoms with Crippen LogP contribution in [0.15, 0.2) is 18.2 Å². The van der Waals surface area contributed by atoms with Gasteiger partial charge in [0.15, 0.2) is 0 Å². The molecule has 0 unspecified atom stereocenters. The van der Waals surface area contributed by atoms with E-state index in [2.05, 4.69) is 0 Å². The Morgan fingerprint density at radius 3 is 2.44 bits per heavy atom. The topological polar surface area (TPSA) is 26.0 Å². The summed E-state index contributed by atoms with van der Waals surface area (Å²) in [5.41, 5.74) is 5.19. The van der Waals surface area contributed by atoms with Gasteiger partial charge in [-0.05, 0) is 43.5 Å². The zero-order chi connectivity index (χ0) is 12.2. The molecule has 0 aromatic heterocycles. The highest BCUT2D eigenvalue weighted by Gasteiger charge is 2.33. The van der Waals surface area contributed by atoms with Gasteiger partial charge in [-0.2, -0.15) is 13.2 Å². The van der Waals surface area contributed by atoms with E-state index in [1.807, 2.05) is 0 Å². The van der Waals surface area contributed by atoms with E-state index in [0.29, 0.717) is 18.5 Å². The van der Waals surface area contributed by atoms with Crippen molar-refractivity contribution in [2.24, 2.45) is 5.73 Å². The molecule has 0 saturated carbocycles. The first-order valence-corrected chi connectivity index (χ1v) is 5.38. The molecule has 0 saturated heterocycles. The van der Waals surface area contributed by atoms with Crippen molar-refractivity contribution >= 4 is 11.6 Å². The minimum Gasteiger partial charge on any atom is -0.330 e. The van der Waals surface area contributed by atoms with E-state index in [9.17, 15) is 13.2 Å². The van der Waals surface area contributed by atoms with Crippen LogP contribution >= 0.6 is 11.6 Å². The van der Waals surface area contributed by atoms with Crippen LogP contribution in [0.3, 0.4) is 0 Å². The number of nitrogens with two attached hydrogens (primary N) is 1. The Hall–Kier alpha value is -0.740. The maximum Gasteiger partial charge on any atom is 0.417 e. The molecule has 0 aliphatic rings. The van der Waals surface area contributed by atoms with E-state index in [-0.39, 0.29) is 5.02 Å². The van der Waals surface area contributed by atoms with Gasteiger partial charge in [-0.25, -0.2) is 0 Å². The fraction of sp³-hybridized carbons (Fsp3) is 0.455. The van der Waals surface area contributed by atoms with Gasteiger partial charge in [-0.3, -0.25) is 0 Å². The fourth-order valence-corrected chi connectivity index (χ4v) is 1.64. The van der Waals surface area contributed by atoms with E-state index < -0.39 is 11.7 Å². The maximum absolute atomic E-state index is 12.5. The predicted molar refractivity (Wildman–Crippen MR) is 58.4 cm³/mol. The molecule has 1 aromatic rings. The van der Waals surface area contributed by atoms with E-state index in [1.165, 1.54) is 6.07 Å². The van der Waals surface area contributed by atoms with Crippen molar-refractivity contribution in [1.29, 1.82) is 0 Å². The van der Waals surface area contributed by atoms with Gasteiger partial charge in [-0.15, -0.1) is 0 Å². The number of alkyl halides is 3. The fourth-order valence-electron chi connectivity index (χ4n) is 1.42. The lowest BCUT2D eigenvalue weighted by Gasteiger charge is -2.10. The molecule has 1 rings (SSSR count). The van der Waals surface area contributed by atoms with Crippen LogP contribution in [-0.4, -0.2) is 6.54 Å². The molecular weight excluding hydrogens is 239 g/mol. The minimum absolute atomic E-state index is 0.255. The molecule has 90 valence electrons. The van der Waals surface area contributed by atoms with Crippen molar-refractivity contribution in [3.8, 4) is 0 Å². The van der Waals surface area contributed by atoms with Crippen LogP contribution in [0.25, 0.3) is 0 Å². The van der Waals surface area contributed by atoms with Gasteiger partial charge in [0.25, 0.3) is 0 Å². The Labute approximate surface area is 97.4 Å². The lowest BCUT2D eigenvalue weighted by Crippen LogP contribution is -2.07. The monoisotopic (exact) mass is 251 g/mol. The summed E-state index contributed by atoms with van der Waals surface area (Å²) in [6.45, 7) is 0.555. The van der Waals surface area contributed by atoms with Gasteiger partial charge < -0.3 is 5.73 Å². The van der Waals surface area contributed by atoms with Crippen LogP contribution in [0.5, 0.6) is 0 Å². The summed E-state index contributed by atoms with van der Waals surface area (Å²) in [6.07, 6.45) is -2.20. The number of halogens is 4. The van der Waals surface area contributed by atoms with E-state index in [4.69, 9.17) is 17.3 Å². The summed E-state index contributed by atoms with van der Waals surface area (Å²) >= 11 is 5.50. The third-order valence-corrected chi connectivity index (χ3v) is 2.59. The van der Waals surface area contributed by atoms with Gasteiger partial charge in [-0.1, -0.05) is 17.7 Å². The lowest BCUT2D eigenvalue weighted by molar-refractivity contribution is -0.137. The Kier molecular flexibility index (Phi) is 4.62. The Morgan fingerprint density at radius 1 is 1.19 bits per heavy atom. The number of hydrogen-bond donors (Lipinski definition) is 1. The first-order chi connectivity index (χ1) is 7.45. The molecule has 2 N–H and O–H groups in total. The van der Waals surface area contributed by atoms with Crippen molar-refractivity contribution in [2.75, 3.05) is 6.54 Å². The summed E-state index contributed by atoms with van der Waals surface area (Å²) < 4.78 is 37.5. The smallest absolute Gasteiger partial charge is 0.330 e. The molecule has 0 fully saturated rings. The zero-order valence-corrected chi connectivity index (χ0v) is 9.41. The second-order valence-electron chi connectivity index (χ2n) is 3.56. The van der Waals surface area contributed by atoms with Gasteiger partial charge in [0, 0.05) is 0 Å². The van der Waals surface area contributed by atoms with Crippen LogP contribution < -0.4 is 5.73 Å². The molecule has 0 aliphatic heterocycles. The highest BCUT2D eigenvalue weighted by Crippen LogP contribution is 2.35. The summed E-state index contributed by atoms with van der Waals surface area (Å²) in [4.78, 5) is 0. The minimum atomic E-state index is -4.39. The number of aryl methyl sites for hydroxylation is 1. The van der Waals surface area contributed by atoms with Crippen molar-refractivity contribution in [3.63, 3.8) is 0 Å². The van der Waals surface area contributed by atoms with Crippen LogP contribution in [0.1, 0.15) is 24.0 Å². The summed E-state index contributed by atoms with van der Waals surface area (Å²) in [7, 11) is 0. The zero-order valence-electron chi connectivity index (χ0n) is 8.65. The number of rotatable bonds is 4. The number of benzene rings is 1. The van der Waals surface area contributed by atoms with Crippen LogP contribution in [0.2, 0.25) is 5.02 Å². The molecular formula is C11H13ClF3N. The average Bonchev–Trinajstić information content (AvgIpc) is 2.19. The molecule has 5 heteroatoms. The molecule has 0 radical (unpaired) electrons. The van der Waals surface area contributed by atoms with Crippen molar-refractivity contribution in [1.82, 2.24) is 0 Å². The Morgan fingerprint density at radius 2 is 1.88 bits per heavy atom. The van der Waals surface area contributed by atoms with E-state index in [0.717, 1.165) is 18.9 Å². The van der Waals surface area contributed by atoms with Gasteiger partial charge in [0.1, 0.15) is 0 Å². The van der Waals surface area contributed by atoms with Gasteiger partial charge >= 0.3 is 6.18 Å². The highest BCUT2D eigenvalue weighted by molar-refractivity contribution is 6.31. The first kappa shape index (κ1) is 13.3. The first-order valence-electron chi connectivity index (χ1n) is 5.01. The summed E-state index contributed by atoms with van der Waals surface area (Å²) in [5.74, 6) is 0. The third-order valence-electron chi connectivity index (χ3n) is 2.26. The van der Waals surface area contributed by atoms with E-state index in [1.54, 1.807) is 6.07 Å². The average molecular weight is 252 g/mol. The number of hydrogen-bond acceptors (Lipinski definition) is 1. The van der Waals surface area contributed by atoms with Crippen molar-refractivity contribution < 1.29 is 13.2 Å². The normalized spacial score (nSPS) is 11.8. The molecule has 0 bridgehead atoms. The van der Waals surface area contributed by atoms with Crippen LogP contribution in [-0.2, 0) is 12.6 Å². The van der Waals surface area contributed by atoms with Crippen LogP contribution in [0.4, 0.5) is 13.2 Å².